The Bertz CT molecular complexity index is 636. The van der Waals surface area contributed by atoms with Gasteiger partial charge in [-0.25, -0.2) is 4.98 Å². The molecule has 1 aliphatic rings. The number of aromatic nitrogens is 2. The van der Waals surface area contributed by atoms with Gasteiger partial charge in [0, 0.05) is 5.56 Å². The highest BCUT2D eigenvalue weighted by Gasteiger charge is 2.23. The van der Waals surface area contributed by atoms with Gasteiger partial charge < -0.3 is 11.5 Å². The minimum Gasteiger partial charge on any atom is -0.383 e. The minimum absolute atomic E-state index is 0.290. The molecule has 0 bridgehead atoms. The Labute approximate surface area is 119 Å². The van der Waals surface area contributed by atoms with Crippen LogP contribution in [0.15, 0.2) is 24.3 Å². The quantitative estimate of drug-likeness (QED) is 0.876. The topological polar surface area (TPSA) is 77.8 Å². The molecule has 0 aliphatic heterocycles. The lowest BCUT2D eigenvalue weighted by Crippen LogP contribution is -2.20. The number of hydrogen-bond acceptors (Lipinski definition) is 4. The molecule has 2 aromatic rings. The fraction of sp³-hybridized carbons (Fsp3) is 0.375. The number of nitrogens with zero attached hydrogens (tertiary/aromatic N) is 2. The van der Waals surface area contributed by atoms with E-state index in [1.54, 1.807) is 0 Å². The Morgan fingerprint density at radius 2 is 2.10 bits per heavy atom. The second kappa shape index (κ2) is 5.12. The van der Waals surface area contributed by atoms with E-state index >= 15 is 0 Å². The van der Waals surface area contributed by atoms with Gasteiger partial charge in [0.05, 0.1) is 5.69 Å². The molecule has 0 saturated heterocycles. The standard InChI is InChI=1S/C16H20N4/c1-10-3-2-4-11(7-10)8-12-5-6-14-13(9-12)15(17)20-16(18)19-14/h2-4,7,12H,5-6,8-9H2,1H3,(H4,17,18,19,20)/t12-/m0/s1. The monoisotopic (exact) mass is 268 g/mol. The summed E-state index contributed by atoms with van der Waals surface area (Å²) in [5.74, 6) is 1.46. The van der Waals surface area contributed by atoms with E-state index in [-0.39, 0.29) is 0 Å². The SMILES string of the molecule is Cc1cccc(C[C@@H]2CCc3nc(N)nc(N)c3C2)c1. The van der Waals surface area contributed by atoms with E-state index in [9.17, 15) is 0 Å². The molecule has 1 atom stereocenters. The van der Waals surface area contributed by atoms with Crippen molar-refractivity contribution in [3.05, 3.63) is 46.6 Å². The molecule has 0 spiro atoms. The largest absolute Gasteiger partial charge is 0.383 e. The first-order chi connectivity index (χ1) is 9.61. The summed E-state index contributed by atoms with van der Waals surface area (Å²) in [6.45, 7) is 2.13. The van der Waals surface area contributed by atoms with Gasteiger partial charge in [0.25, 0.3) is 0 Å². The summed E-state index contributed by atoms with van der Waals surface area (Å²) in [4.78, 5) is 8.40. The zero-order chi connectivity index (χ0) is 14.1. The number of aryl methyl sites for hydroxylation is 2. The molecule has 0 unspecified atom stereocenters. The van der Waals surface area contributed by atoms with Crippen LogP contribution in [0.1, 0.15) is 28.8 Å². The fourth-order valence-electron chi connectivity index (χ4n) is 3.08. The average molecular weight is 268 g/mol. The van der Waals surface area contributed by atoms with Crippen molar-refractivity contribution in [2.75, 3.05) is 11.5 Å². The van der Waals surface area contributed by atoms with E-state index in [4.69, 9.17) is 11.5 Å². The molecule has 4 nitrogen and oxygen atoms in total. The molecule has 1 aromatic carbocycles. The summed E-state index contributed by atoms with van der Waals surface area (Å²) in [5, 5.41) is 0. The van der Waals surface area contributed by atoms with E-state index < -0.39 is 0 Å². The van der Waals surface area contributed by atoms with Gasteiger partial charge in [0.15, 0.2) is 0 Å². The molecular weight excluding hydrogens is 248 g/mol. The van der Waals surface area contributed by atoms with Crippen LogP contribution in [-0.4, -0.2) is 9.97 Å². The highest BCUT2D eigenvalue weighted by molar-refractivity contribution is 5.47. The smallest absolute Gasteiger partial charge is 0.222 e. The summed E-state index contributed by atoms with van der Waals surface area (Å²) in [6, 6.07) is 8.72. The summed E-state index contributed by atoms with van der Waals surface area (Å²) in [5.41, 5.74) is 16.5. The molecule has 3 rings (SSSR count). The lowest BCUT2D eigenvalue weighted by atomic mass is 9.83. The van der Waals surface area contributed by atoms with E-state index in [1.165, 1.54) is 11.1 Å². The number of fused-ring (bicyclic) bond motifs is 1. The zero-order valence-corrected chi connectivity index (χ0v) is 11.8. The second-order valence-electron chi connectivity index (χ2n) is 5.69. The number of nitrogens with two attached hydrogens (primary N) is 2. The van der Waals surface area contributed by atoms with Crippen molar-refractivity contribution in [3.8, 4) is 0 Å². The third-order valence-electron chi connectivity index (χ3n) is 4.03. The maximum absolute atomic E-state index is 5.99. The number of hydrogen-bond donors (Lipinski definition) is 2. The van der Waals surface area contributed by atoms with Gasteiger partial charge in [-0.15, -0.1) is 0 Å². The average Bonchev–Trinajstić information content (AvgIpc) is 2.39. The number of benzene rings is 1. The Kier molecular flexibility index (Phi) is 3.30. The van der Waals surface area contributed by atoms with Crippen LogP contribution in [-0.2, 0) is 19.3 Å². The van der Waals surface area contributed by atoms with Gasteiger partial charge in [0.1, 0.15) is 5.82 Å². The lowest BCUT2D eigenvalue weighted by molar-refractivity contribution is 0.450. The maximum Gasteiger partial charge on any atom is 0.222 e. The molecule has 0 fully saturated rings. The predicted octanol–water partition coefficient (Wildman–Crippen LogP) is 2.30. The van der Waals surface area contributed by atoms with Crippen molar-refractivity contribution in [2.24, 2.45) is 5.92 Å². The van der Waals surface area contributed by atoms with Gasteiger partial charge in [-0.3, -0.25) is 0 Å². The summed E-state index contributed by atoms with van der Waals surface area (Å²) in [6.07, 6.45) is 4.12. The normalized spacial score (nSPS) is 17.8. The van der Waals surface area contributed by atoms with Crippen molar-refractivity contribution in [1.82, 2.24) is 9.97 Å². The zero-order valence-electron chi connectivity index (χ0n) is 11.8. The molecule has 104 valence electrons. The van der Waals surface area contributed by atoms with Crippen LogP contribution in [0.4, 0.5) is 11.8 Å². The van der Waals surface area contributed by atoms with Crippen LogP contribution in [0, 0.1) is 12.8 Å². The summed E-state index contributed by atoms with van der Waals surface area (Å²) < 4.78 is 0. The minimum atomic E-state index is 0.290. The van der Waals surface area contributed by atoms with E-state index in [2.05, 4.69) is 41.2 Å². The van der Waals surface area contributed by atoms with Gasteiger partial charge in [0.2, 0.25) is 5.95 Å². The molecule has 1 heterocycles. The molecule has 1 aliphatic carbocycles. The van der Waals surface area contributed by atoms with Crippen LogP contribution < -0.4 is 11.5 Å². The number of rotatable bonds is 2. The predicted molar refractivity (Wildman–Crippen MR) is 81.3 cm³/mol. The van der Waals surface area contributed by atoms with Crippen LogP contribution in [0.5, 0.6) is 0 Å². The second-order valence-corrected chi connectivity index (χ2v) is 5.69. The summed E-state index contributed by atoms with van der Waals surface area (Å²) in [7, 11) is 0. The van der Waals surface area contributed by atoms with Gasteiger partial charge in [-0.05, 0) is 44.1 Å². The van der Waals surface area contributed by atoms with Crippen LogP contribution in [0.25, 0.3) is 0 Å². The fourth-order valence-corrected chi connectivity index (χ4v) is 3.08. The van der Waals surface area contributed by atoms with Gasteiger partial charge >= 0.3 is 0 Å². The molecule has 0 amide bonds. The van der Waals surface area contributed by atoms with E-state index in [0.29, 0.717) is 17.7 Å². The molecule has 20 heavy (non-hydrogen) atoms. The maximum atomic E-state index is 5.99. The highest BCUT2D eigenvalue weighted by atomic mass is 15.0. The highest BCUT2D eigenvalue weighted by Crippen LogP contribution is 2.30. The third-order valence-corrected chi connectivity index (χ3v) is 4.03. The van der Waals surface area contributed by atoms with Crippen molar-refractivity contribution >= 4 is 11.8 Å². The number of anilines is 2. The third kappa shape index (κ3) is 2.59. The first kappa shape index (κ1) is 12.9. The summed E-state index contributed by atoms with van der Waals surface area (Å²) >= 11 is 0. The molecule has 0 radical (unpaired) electrons. The van der Waals surface area contributed by atoms with Gasteiger partial charge in [-0.2, -0.15) is 4.98 Å². The van der Waals surface area contributed by atoms with Crippen molar-refractivity contribution in [2.45, 2.75) is 32.6 Å². The van der Waals surface area contributed by atoms with Crippen molar-refractivity contribution < 1.29 is 0 Å². The molecule has 1 aromatic heterocycles. The van der Waals surface area contributed by atoms with Crippen molar-refractivity contribution in [3.63, 3.8) is 0 Å². The Morgan fingerprint density at radius 3 is 2.90 bits per heavy atom. The van der Waals surface area contributed by atoms with Gasteiger partial charge in [-0.1, -0.05) is 29.8 Å². The Morgan fingerprint density at radius 1 is 1.25 bits per heavy atom. The van der Waals surface area contributed by atoms with Crippen LogP contribution in [0.3, 0.4) is 0 Å². The molecular formula is C16H20N4. The molecule has 4 heteroatoms. The first-order valence-electron chi connectivity index (χ1n) is 7.08. The molecule has 4 N–H and O–H groups in total. The first-order valence-corrected chi connectivity index (χ1v) is 7.08. The van der Waals surface area contributed by atoms with E-state index in [1.807, 2.05) is 0 Å². The molecule has 0 saturated carbocycles. The van der Waals surface area contributed by atoms with E-state index in [0.717, 1.165) is 36.9 Å². The van der Waals surface area contributed by atoms with Crippen molar-refractivity contribution in [1.29, 1.82) is 0 Å². The number of nitrogen functional groups attached to an aromatic ring is 2. The lowest BCUT2D eigenvalue weighted by Gasteiger charge is -2.25. The van der Waals surface area contributed by atoms with Crippen LogP contribution >= 0.6 is 0 Å². The Hall–Kier alpha value is -2.10. The Balaban J connectivity index is 1.79. The van der Waals surface area contributed by atoms with Crippen LogP contribution in [0.2, 0.25) is 0 Å².